The fraction of sp³-hybridized carbons (Fsp3) is 0.333. The number of H-pyrrole nitrogens is 1. The molecule has 1 unspecified atom stereocenters. The molecule has 2 heterocycles. The molecule has 1 N–H and O–H groups in total. The van der Waals surface area contributed by atoms with Crippen molar-refractivity contribution in [1.29, 1.82) is 0 Å². The fourth-order valence-electron chi connectivity index (χ4n) is 3.81. The number of anilines is 1. The van der Waals surface area contributed by atoms with Gasteiger partial charge in [-0.3, -0.25) is 4.90 Å². The van der Waals surface area contributed by atoms with E-state index in [2.05, 4.69) is 83.6 Å². The van der Waals surface area contributed by atoms with Gasteiger partial charge in [0.15, 0.2) is 0 Å². The largest absolute Gasteiger partial charge is 0.378 e. The van der Waals surface area contributed by atoms with Crippen LogP contribution in [0.4, 0.5) is 5.69 Å². The van der Waals surface area contributed by atoms with Crippen LogP contribution in [0.15, 0.2) is 54.7 Å². The van der Waals surface area contributed by atoms with Gasteiger partial charge in [-0.15, -0.1) is 0 Å². The van der Waals surface area contributed by atoms with Gasteiger partial charge >= 0.3 is 0 Å². The maximum Gasteiger partial charge on any atom is 0.0457 e. The first-order valence-electron chi connectivity index (χ1n) is 8.75. The molecule has 0 aliphatic carbocycles. The predicted octanol–water partition coefficient (Wildman–Crippen LogP) is 4.22. The Morgan fingerprint density at radius 2 is 2.00 bits per heavy atom. The molecular weight excluding hydrogens is 294 g/mol. The van der Waals surface area contributed by atoms with E-state index in [9.17, 15) is 0 Å². The number of rotatable bonds is 4. The number of para-hydroxylation sites is 1. The summed E-state index contributed by atoms with van der Waals surface area (Å²) in [4.78, 5) is 8.16. The zero-order valence-electron chi connectivity index (χ0n) is 14.5. The second kappa shape index (κ2) is 6.33. The summed E-state index contributed by atoms with van der Waals surface area (Å²) in [6, 6.07) is 17.6. The van der Waals surface area contributed by atoms with Gasteiger partial charge < -0.3 is 9.88 Å². The molecule has 4 rings (SSSR count). The number of aromatic nitrogens is 1. The molecule has 1 aliphatic rings. The third-order valence-corrected chi connectivity index (χ3v) is 5.20. The highest BCUT2D eigenvalue weighted by Gasteiger charge is 2.24. The topological polar surface area (TPSA) is 22.3 Å². The van der Waals surface area contributed by atoms with Gasteiger partial charge in [0.05, 0.1) is 0 Å². The van der Waals surface area contributed by atoms with Crippen LogP contribution in [0, 0.1) is 0 Å². The Balaban J connectivity index is 1.48. The Bertz CT molecular complexity index is 834. The van der Waals surface area contributed by atoms with Crippen LogP contribution >= 0.6 is 0 Å². The van der Waals surface area contributed by atoms with E-state index in [1.165, 1.54) is 40.7 Å². The summed E-state index contributed by atoms with van der Waals surface area (Å²) in [7, 11) is 4.22. The second-order valence-electron chi connectivity index (χ2n) is 7.07. The van der Waals surface area contributed by atoms with Crippen molar-refractivity contribution in [3.8, 4) is 0 Å². The van der Waals surface area contributed by atoms with Crippen LogP contribution in [0.25, 0.3) is 10.9 Å². The van der Waals surface area contributed by atoms with E-state index in [0.29, 0.717) is 5.92 Å². The number of nitrogens with zero attached hydrogens (tertiary/aromatic N) is 2. The van der Waals surface area contributed by atoms with Crippen molar-refractivity contribution in [3.05, 3.63) is 65.9 Å². The molecule has 1 aromatic heterocycles. The Morgan fingerprint density at radius 1 is 1.12 bits per heavy atom. The average Bonchev–Trinajstić information content (AvgIpc) is 3.23. The molecule has 0 radical (unpaired) electrons. The van der Waals surface area contributed by atoms with Gasteiger partial charge in [0.25, 0.3) is 0 Å². The molecule has 1 aliphatic heterocycles. The smallest absolute Gasteiger partial charge is 0.0457 e. The molecule has 3 heteroatoms. The normalized spacial score (nSPS) is 18.3. The summed E-state index contributed by atoms with van der Waals surface area (Å²) in [5.41, 5.74) is 5.42. The standard InChI is InChI=1S/C21H25N3/c1-23(2)19-7-5-6-16(12-19)17-10-11-24(14-17)15-18-13-22-21-9-4-3-8-20(18)21/h3-9,12-13,17,22H,10-11,14-15H2,1-2H3. The van der Waals surface area contributed by atoms with Crippen LogP contribution in [-0.2, 0) is 6.54 Å². The molecule has 0 amide bonds. The van der Waals surface area contributed by atoms with E-state index < -0.39 is 0 Å². The summed E-state index contributed by atoms with van der Waals surface area (Å²) in [5, 5.41) is 1.36. The second-order valence-corrected chi connectivity index (χ2v) is 7.07. The zero-order chi connectivity index (χ0) is 16.5. The maximum absolute atomic E-state index is 3.39. The minimum atomic E-state index is 0.648. The van der Waals surface area contributed by atoms with Crippen molar-refractivity contribution >= 4 is 16.6 Å². The number of likely N-dealkylation sites (tertiary alicyclic amines) is 1. The fourth-order valence-corrected chi connectivity index (χ4v) is 3.81. The van der Waals surface area contributed by atoms with Gasteiger partial charge in [-0.2, -0.15) is 0 Å². The molecule has 0 spiro atoms. The molecule has 3 nitrogen and oxygen atoms in total. The number of hydrogen-bond acceptors (Lipinski definition) is 2. The molecule has 3 aromatic rings. The van der Waals surface area contributed by atoms with E-state index in [1.54, 1.807) is 0 Å². The Morgan fingerprint density at radius 3 is 2.88 bits per heavy atom. The zero-order valence-corrected chi connectivity index (χ0v) is 14.5. The van der Waals surface area contributed by atoms with Gasteiger partial charge in [-0.25, -0.2) is 0 Å². The third kappa shape index (κ3) is 2.92. The summed E-state index contributed by atoms with van der Waals surface area (Å²) < 4.78 is 0. The van der Waals surface area contributed by atoms with Crippen molar-refractivity contribution in [2.45, 2.75) is 18.9 Å². The van der Waals surface area contributed by atoms with Crippen molar-refractivity contribution in [3.63, 3.8) is 0 Å². The molecule has 2 aromatic carbocycles. The molecule has 1 fully saturated rings. The Kier molecular flexibility index (Phi) is 4.03. The van der Waals surface area contributed by atoms with Crippen molar-refractivity contribution in [2.75, 3.05) is 32.1 Å². The lowest BCUT2D eigenvalue weighted by Gasteiger charge is -2.18. The van der Waals surface area contributed by atoms with E-state index in [1.807, 2.05) is 0 Å². The number of nitrogens with one attached hydrogen (secondary N) is 1. The minimum absolute atomic E-state index is 0.648. The lowest BCUT2D eigenvalue weighted by atomic mass is 9.98. The summed E-state index contributed by atoms with van der Waals surface area (Å²) in [5.74, 6) is 0.648. The first-order valence-corrected chi connectivity index (χ1v) is 8.75. The lowest BCUT2D eigenvalue weighted by Crippen LogP contribution is -2.19. The van der Waals surface area contributed by atoms with Crippen LogP contribution in [0.3, 0.4) is 0 Å². The van der Waals surface area contributed by atoms with Gasteiger partial charge in [0.2, 0.25) is 0 Å². The van der Waals surface area contributed by atoms with Crippen LogP contribution in [0.1, 0.15) is 23.5 Å². The lowest BCUT2D eigenvalue weighted by molar-refractivity contribution is 0.328. The van der Waals surface area contributed by atoms with E-state index in [-0.39, 0.29) is 0 Å². The quantitative estimate of drug-likeness (QED) is 0.778. The van der Waals surface area contributed by atoms with Gasteiger partial charge in [-0.1, -0.05) is 30.3 Å². The SMILES string of the molecule is CN(C)c1cccc(C2CCN(Cc3c[nH]c4ccccc34)C2)c1. The molecule has 124 valence electrons. The van der Waals surface area contributed by atoms with Crippen molar-refractivity contribution < 1.29 is 0 Å². The highest BCUT2D eigenvalue weighted by Crippen LogP contribution is 2.31. The number of benzene rings is 2. The van der Waals surface area contributed by atoms with Crippen LogP contribution < -0.4 is 4.90 Å². The molecule has 24 heavy (non-hydrogen) atoms. The third-order valence-electron chi connectivity index (χ3n) is 5.20. The molecule has 1 atom stereocenters. The molecule has 1 saturated heterocycles. The monoisotopic (exact) mass is 319 g/mol. The van der Waals surface area contributed by atoms with Gasteiger partial charge in [0, 0.05) is 50.0 Å². The van der Waals surface area contributed by atoms with E-state index in [4.69, 9.17) is 0 Å². The Hall–Kier alpha value is -2.26. The first kappa shape index (κ1) is 15.3. The number of hydrogen-bond donors (Lipinski definition) is 1. The average molecular weight is 319 g/mol. The minimum Gasteiger partial charge on any atom is -0.378 e. The summed E-state index contributed by atoms with van der Waals surface area (Å²) in [6.45, 7) is 3.36. The molecule has 0 bridgehead atoms. The van der Waals surface area contributed by atoms with E-state index in [0.717, 1.165) is 13.1 Å². The predicted molar refractivity (Wildman–Crippen MR) is 102 cm³/mol. The van der Waals surface area contributed by atoms with Crippen molar-refractivity contribution in [1.82, 2.24) is 9.88 Å². The molecular formula is C21H25N3. The Labute approximate surface area is 143 Å². The van der Waals surface area contributed by atoms with Crippen LogP contribution in [0.2, 0.25) is 0 Å². The van der Waals surface area contributed by atoms with Crippen LogP contribution in [-0.4, -0.2) is 37.1 Å². The summed E-state index contributed by atoms with van der Waals surface area (Å²) in [6.07, 6.45) is 3.42. The van der Waals surface area contributed by atoms with Crippen LogP contribution in [0.5, 0.6) is 0 Å². The molecule has 0 saturated carbocycles. The number of aromatic amines is 1. The van der Waals surface area contributed by atoms with Crippen molar-refractivity contribution in [2.24, 2.45) is 0 Å². The number of fused-ring (bicyclic) bond motifs is 1. The first-order chi connectivity index (χ1) is 11.7. The van der Waals surface area contributed by atoms with E-state index >= 15 is 0 Å². The highest BCUT2D eigenvalue weighted by atomic mass is 15.1. The highest BCUT2D eigenvalue weighted by molar-refractivity contribution is 5.82. The van der Waals surface area contributed by atoms with Gasteiger partial charge in [-0.05, 0) is 48.2 Å². The maximum atomic E-state index is 3.39. The summed E-state index contributed by atoms with van der Waals surface area (Å²) >= 11 is 0. The van der Waals surface area contributed by atoms with Gasteiger partial charge in [0.1, 0.15) is 0 Å².